The molecule has 1 aromatic rings. The lowest BCUT2D eigenvalue weighted by Gasteiger charge is -2.30. The molecule has 112 valence electrons. The maximum atomic E-state index is 12.1. The van der Waals surface area contributed by atoms with E-state index in [9.17, 15) is 13.2 Å². The van der Waals surface area contributed by atoms with Crippen molar-refractivity contribution < 1.29 is 13.2 Å². The topological polar surface area (TPSA) is 92.3 Å². The molecule has 1 atom stereocenters. The summed E-state index contributed by atoms with van der Waals surface area (Å²) >= 11 is 1.30. The number of carbonyl (C=O) groups is 1. The summed E-state index contributed by atoms with van der Waals surface area (Å²) in [5.74, 6) is -0.442. The van der Waals surface area contributed by atoms with Gasteiger partial charge >= 0.3 is 0 Å². The fourth-order valence-corrected chi connectivity index (χ4v) is 3.92. The Morgan fingerprint density at radius 1 is 1.50 bits per heavy atom. The first-order valence-electron chi connectivity index (χ1n) is 6.51. The van der Waals surface area contributed by atoms with Gasteiger partial charge in [0.25, 0.3) is 0 Å². The van der Waals surface area contributed by atoms with E-state index in [1.54, 1.807) is 6.92 Å². The van der Waals surface area contributed by atoms with Crippen LogP contribution in [-0.2, 0) is 14.8 Å². The van der Waals surface area contributed by atoms with E-state index in [0.717, 1.165) is 5.01 Å². The van der Waals surface area contributed by atoms with E-state index >= 15 is 0 Å². The van der Waals surface area contributed by atoms with E-state index in [4.69, 9.17) is 0 Å². The molecule has 0 unspecified atom stereocenters. The van der Waals surface area contributed by atoms with Gasteiger partial charge < -0.3 is 5.32 Å². The van der Waals surface area contributed by atoms with Crippen molar-refractivity contribution in [1.82, 2.24) is 14.5 Å². The lowest BCUT2D eigenvalue weighted by atomic mass is 9.99. The van der Waals surface area contributed by atoms with Gasteiger partial charge in [-0.2, -0.15) is 0 Å². The quantitative estimate of drug-likeness (QED) is 0.888. The number of hydrogen-bond donors (Lipinski definition) is 1. The molecule has 2 heterocycles. The van der Waals surface area contributed by atoms with Crippen LogP contribution in [0.15, 0.2) is 0 Å². The zero-order valence-corrected chi connectivity index (χ0v) is 13.1. The number of piperidine rings is 1. The second kappa shape index (κ2) is 6.15. The van der Waals surface area contributed by atoms with Crippen LogP contribution in [0, 0.1) is 12.8 Å². The first-order chi connectivity index (χ1) is 9.42. The second-order valence-electron chi connectivity index (χ2n) is 4.71. The van der Waals surface area contributed by atoms with E-state index < -0.39 is 10.0 Å². The van der Waals surface area contributed by atoms with Gasteiger partial charge in [-0.05, 0) is 26.7 Å². The van der Waals surface area contributed by atoms with Crippen LogP contribution in [0.1, 0.15) is 24.8 Å². The predicted octanol–water partition coefficient (Wildman–Crippen LogP) is 0.847. The number of rotatable bonds is 4. The van der Waals surface area contributed by atoms with Gasteiger partial charge in [-0.3, -0.25) is 4.79 Å². The van der Waals surface area contributed by atoms with Crippen LogP contribution in [0.4, 0.5) is 5.13 Å². The van der Waals surface area contributed by atoms with Crippen molar-refractivity contribution in [2.75, 3.05) is 24.2 Å². The van der Waals surface area contributed by atoms with Crippen LogP contribution in [-0.4, -0.2) is 47.7 Å². The van der Waals surface area contributed by atoms with Crippen molar-refractivity contribution in [3.63, 3.8) is 0 Å². The first-order valence-corrected chi connectivity index (χ1v) is 8.93. The summed E-state index contributed by atoms with van der Waals surface area (Å²) in [5, 5.41) is 11.6. The number of hydrogen-bond acceptors (Lipinski definition) is 6. The molecule has 0 radical (unpaired) electrons. The molecule has 1 aliphatic rings. The lowest BCUT2D eigenvalue weighted by molar-refractivity contribution is -0.120. The molecule has 9 heteroatoms. The van der Waals surface area contributed by atoms with Crippen molar-refractivity contribution in [1.29, 1.82) is 0 Å². The van der Waals surface area contributed by atoms with E-state index in [0.29, 0.717) is 24.5 Å². The zero-order chi connectivity index (χ0) is 14.8. The molecule has 2 rings (SSSR count). The summed E-state index contributed by atoms with van der Waals surface area (Å²) in [5.41, 5.74) is 0. The number of nitrogens with one attached hydrogen (secondary N) is 1. The summed E-state index contributed by atoms with van der Waals surface area (Å²) in [6.45, 7) is 4.17. The first kappa shape index (κ1) is 15.3. The van der Waals surface area contributed by atoms with Crippen LogP contribution in [0.25, 0.3) is 0 Å². The molecule has 0 aliphatic carbocycles. The number of nitrogens with zero attached hydrogens (tertiary/aromatic N) is 3. The van der Waals surface area contributed by atoms with Crippen molar-refractivity contribution >= 4 is 32.4 Å². The normalized spacial score (nSPS) is 20.8. The SMILES string of the molecule is CCS(=O)(=O)N1CCC[C@@H](C(=O)Nc2nnc(C)s2)C1. The number of sulfonamides is 1. The summed E-state index contributed by atoms with van der Waals surface area (Å²) in [4.78, 5) is 12.1. The van der Waals surface area contributed by atoms with E-state index in [1.807, 2.05) is 6.92 Å². The fourth-order valence-electron chi connectivity index (χ4n) is 2.15. The molecule has 1 fully saturated rings. The van der Waals surface area contributed by atoms with Crippen molar-refractivity contribution in [2.45, 2.75) is 26.7 Å². The second-order valence-corrected chi connectivity index (χ2v) is 8.15. The van der Waals surface area contributed by atoms with Gasteiger partial charge in [-0.25, -0.2) is 12.7 Å². The molecule has 1 amide bonds. The van der Waals surface area contributed by atoms with Gasteiger partial charge in [0.15, 0.2) is 0 Å². The van der Waals surface area contributed by atoms with Crippen LogP contribution in [0.2, 0.25) is 0 Å². The van der Waals surface area contributed by atoms with E-state index in [2.05, 4.69) is 15.5 Å². The Morgan fingerprint density at radius 3 is 2.85 bits per heavy atom. The molecule has 1 N–H and O–H groups in total. The highest BCUT2D eigenvalue weighted by Gasteiger charge is 2.31. The minimum absolute atomic E-state index is 0.0664. The van der Waals surface area contributed by atoms with Crippen LogP contribution in [0.5, 0.6) is 0 Å². The molecule has 1 aliphatic heterocycles. The summed E-state index contributed by atoms with van der Waals surface area (Å²) < 4.78 is 25.1. The summed E-state index contributed by atoms with van der Waals surface area (Å²) in [6.07, 6.45) is 1.39. The molecular formula is C11H18N4O3S2. The average molecular weight is 318 g/mol. The van der Waals surface area contributed by atoms with Crippen molar-refractivity contribution in [3.05, 3.63) is 5.01 Å². The molecule has 0 saturated carbocycles. The third-order valence-corrected chi connectivity index (χ3v) is 5.87. The zero-order valence-electron chi connectivity index (χ0n) is 11.5. The summed E-state index contributed by atoms with van der Waals surface area (Å²) in [7, 11) is -3.23. The lowest BCUT2D eigenvalue weighted by Crippen LogP contribution is -2.44. The highest BCUT2D eigenvalue weighted by atomic mass is 32.2. The maximum Gasteiger partial charge on any atom is 0.230 e. The van der Waals surface area contributed by atoms with Crippen LogP contribution < -0.4 is 5.32 Å². The molecule has 1 saturated heterocycles. The average Bonchev–Trinajstić information content (AvgIpc) is 2.84. The van der Waals surface area contributed by atoms with E-state index in [1.165, 1.54) is 15.6 Å². The van der Waals surface area contributed by atoms with Gasteiger partial charge in [0.05, 0.1) is 11.7 Å². The number of aromatic nitrogens is 2. The number of anilines is 1. The van der Waals surface area contributed by atoms with E-state index in [-0.39, 0.29) is 24.1 Å². The smallest absolute Gasteiger partial charge is 0.230 e. The minimum atomic E-state index is -3.23. The fraction of sp³-hybridized carbons (Fsp3) is 0.727. The molecule has 0 spiro atoms. The van der Waals surface area contributed by atoms with Gasteiger partial charge in [-0.1, -0.05) is 11.3 Å². The number of carbonyl (C=O) groups excluding carboxylic acids is 1. The van der Waals surface area contributed by atoms with Gasteiger partial charge in [0, 0.05) is 13.1 Å². The van der Waals surface area contributed by atoms with Gasteiger partial charge in [-0.15, -0.1) is 10.2 Å². The van der Waals surface area contributed by atoms with Crippen LogP contribution >= 0.6 is 11.3 Å². The largest absolute Gasteiger partial charge is 0.300 e. The van der Waals surface area contributed by atoms with Crippen molar-refractivity contribution in [2.24, 2.45) is 5.92 Å². The molecule has 1 aromatic heterocycles. The minimum Gasteiger partial charge on any atom is -0.300 e. The molecule has 0 bridgehead atoms. The van der Waals surface area contributed by atoms with Crippen molar-refractivity contribution in [3.8, 4) is 0 Å². The Labute approximate surface area is 122 Å². The number of amides is 1. The van der Waals surface area contributed by atoms with Gasteiger partial charge in [0.1, 0.15) is 5.01 Å². The standard InChI is InChI=1S/C11H18N4O3S2/c1-3-20(17,18)15-6-4-5-9(7-15)10(16)12-11-14-13-8(2)19-11/h9H,3-7H2,1-2H3,(H,12,14,16)/t9-/m1/s1. The third-order valence-electron chi connectivity index (χ3n) is 3.27. The molecule has 20 heavy (non-hydrogen) atoms. The Hall–Kier alpha value is -1.06. The summed E-state index contributed by atoms with van der Waals surface area (Å²) in [6, 6.07) is 0. The Kier molecular flexibility index (Phi) is 4.71. The monoisotopic (exact) mass is 318 g/mol. The Balaban J connectivity index is 2.00. The highest BCUT2D eigenvalue weighted by Crippen LogP contribution is 2.22. The molecule has 0 aromatic carbocycles. The number of aryl methyl sites for hydroxylation is 1. The Bertz CT molecular complexity index is 584. The molecular weight excluding hydrogens is 300 g/mol. The third kappa shape index (κ3) is 3.53. The van der Waals surface area contributed by atoms with Gasteiger partial charge in [0.2, 0.25) is 21.1 Å². The van der Waals surface area contributed by atoms with Crippen LogP contribution in [0.3, 0.4) is 0 Å². The Morgan fingerprint density at radius 2 is 2.25 bits per heavy atom. The maximum absolute atomic E-state index is 12.1. The molecule has 7 nitrogen and oxygen atoms in total. The predicted molar refractivity (Wildman–Crippen MR) is 77.0 cm³/mol. The highest BCUT2D eigenvalue weighted by molar-refractivity contribution is 7.89.